The Kier molecular flexibility index (Phi) is 5.52. The predicted octanol–water partition coefficient (Wildman–Crippen LogP) is 2.67. The van der Waals surface area contributed by atoms with Crippen LogP contribution in [-0.2, 0) is 14.0 Å². The van der Waals surface area contributed by atoms with Gasteiger partial charge in [0.15, 0.2) is 8.32 Å². The van der Waals surface area contributed by atoms with E-state index in [1.54, 1.807) is 0 Å². The van der Waals surface area contributed by atoms with E-state index in [2.05, 4.69) is 33.5 Å². The fourth-order valence-electron chi connectivity index (χ4n) is 1.54. The standard InChI is InChI=1S/C11H24O3Si/c1-8(2)10(14-15(5,6)7)9(3)11(12)13-4/h8-10H,1-7H3. The lowest BCUT2D eigenvalue weighted by molar-refractivity contribution is -0.149. The summed E-state index contributed by atoms with van der Waals surface area (Å²) in [4.78, 5) is 11.5. The molecule has 0 aromatic rings. The van der Waals surface area contributed by atoms with Gasteiger partial charge in [0, 0.05) is 0 Å². The maximum Gasteiger partial charge on any atom is 0.310 e. The Balaban J connectivity index is 4.60. The minimum absolute atomic E-state index is 0.0379. The first-order valence-electron chi connectivity index (χ1n) is 5.44. The van der Waals surface area contributed by atoms with E-state index in [-0.39, 0.29) is 18.0 Å². The Morgan fingerprint density at radius 3 is 1.87 bits per heavy atom. The van der Waals surface area contributed by atoms with E-state index in [1.807, 2.05) is 6.92 Å². The van der Waals surface area contributed by atoms with E-state index >= 15 is 0 Å². The van der Waals surface area contributed by atoms with Gasteiger partial charge in [-0.2, -0.15) is 0 Å². The number of carbonyl (C=O) groups is 1. The molecule has 0 amide bonds. The van der Waals surface area contributed by atoms with E-state index in [4.69, 9.17) is 9.16 Å². The van der Waals surface area contributed by atoms with E-state index in [0.29, 0.717) is 5.92 Å². The summed E-state index contributed by atoms with van der Waals surface area (Å²) in [5, 5.41) is 0. The maximum atomic E-state index is 11.5. The van der Waals surface area contributed by atoms with Crippen LogP contribution >= 0.6 is 0 Å². The number of esters is 1. The number of methoxy groups -OCH3 is 1. The lowest BCUT2D eigenvalue weighted by atomic mass is 9.95. The predicted molar refractivity (Wildman–Crippen MR) is 64.2 cm³/mol. The molecule has 0 aromatic carbocycles. The van der Waals surface area contributed by atoms with E-state index in [0.717, 1.165) is 0 Å². The highest BCUT2D eigenvalue weighted by Gasteiger charge is 2.32. The molecule has 15 heavy (non-hydrogen) atoms. The summed E-state index contributed by atoms with van der Waals surface area (Å²) in [5.41, 5.74) is 0. The third-order valence-corrected chi connectivity index (χ3v) is 3.19. The van der Waals surface area contributed by atoms with E-state index < -0.39 is 8.32 Å². The Morgan fingerprint density at radius 2 is 1.60 bits per heavy atom. The van der Waals surface area contributed by atoms with Gasteiger partial charge < -0.3 is 9.16 Å². The fraction of sp³-hybridized carbons (Fsp3) is 0.909. The third kappa shape index (κ3) is 5.32. The molecular weight excluding hydrogens is 208 g/mol. The van der Waals surface area contributed by atoms with Crippen LogP contribution in [0.15, 0.2) is 0 Å². The molecule has 0 saturated heterocycles. The smallest absolute Gasteiger partial charge is 0.310 e. The van der Waals surface area contributed by atoms with Crippen LogP contribution in [0.1, 0.15) is 20.8 Å². The normalized spacial score (nSPS) is 16.3. The summed E-state index contributed by atoms with van der Waals surface area (Å²) >= 11 is 0. The van der Waals surface area contributed by atoms with Gasteiger partial charge in [-0.15, -0.1) is 0 Å². The van der Waals surface area contributed by atoms with Gasteiger partial charge in [0.05, 0.1) is 19.1 Å². The van der Waals surface area contributed by atoms with Crippen LogP contribution in [0.5, 0.6) is 0 Å². The number of hydrogen-bond donors (Lipinski definition) is 0. The summed E-state index contributed by atoms with van der Waals surface area (Å²) in [7, 11) is -0.191. The van der Waals surface area contributed by atoms with Gasteiger partial charge in [-0.1, -0.05) is 13.8 Å². The van der Waals surface area contributed by atoms with Crippen LogP contribution in [0.4, 0.5) is 0 Å². The zero-order chi connectivity index (χ0) is 12.2. The summed E-state index contributed by atoms with van der Waals surface area (Å²) < 4.78 is 10.8. The monoisotopic (exact) mass is 232 g/mol. The van der Waals surface area contributed by atoms with Crippen molar-refractivity contribution in [1.82, 2.24) is 0 Å². The van der Waals surface area contributed by atoms with Gasteiger partial charge in [0.1, 0.15) is 0 Å². The lowest BCUT2D eigenvalue weighted by Gasteiger charge is -2.32. The van der Waals surface area contributed by atoms with Crippen molar-refractivity contribution in [3.8, 4) is 0 Å². The minimum atomic E-state index is -1.61. The number of carbonyl (C=O) groups excluding carboxylic acids is 1. The fourth-order valence-corrected chi connectivity index (χ4v) is 2.84. The van der Waals surface area contributed by atoms with Gasteiger partial charge in [0.2, 0.25) is 0 Å². The van der Waals surface area contributed by atoms with Crippen LogP contribution in [0, 0.1) is 11.8 Å². The van der Waals surface area contributed by atoms with Crippen molar-refractivity contribution < 1.29 is 14.0 Å². The SMILES string of the molecule is COC(=O)C(C)C(O[Si](C)(C)C)C(C)C. The summed E-state index contributed by atoms with van der Waals surface area (Å²) in [6, 6.07) is 0. The van der Waals surface area contributed by atoms with Crippen molar-refractivity contribution in [3.63, 3.8) is 0 Å². The Hall–Kier alpha value is -0.353. The topological polar surface area (TPSA) is 35.5 Å². The second-order valence-corrected chi connectivity index (χ2v) is 9.71. The molecule has 0 spiro atoms. The Morgan fingerprint density at radius 1 is 1.13 bits per heavy atom. The Labute approximate surface area is 94.3 Å². The molecule has 0 rings (SSSR count). The molecule has 0 saturated carbocycles. The molecule has 0 aliphatic rings. The highest BCUT2D eigenvalue weighted by atomic mass is 28.4. The molecule has 0 N–H and O–H groups in total. The van der Waals surface area contributed by atoms with Gasteiger partial charge >= 0.3 is 5.97 Å². The quantitative estimate of drug-likeness (QED) is 0.540. The largest absolute Gasteiger partial charge is 0.469 e. The van der Waals surface area contributed by atoms with Crippen LogP contribution in [0.25, 0.3) is 0 Å². The van der Waals surface area contributed by atoms with Crippen molar-refractivity contribution >= 4 is 14.3 Å². The van der Waals surface area contributed by atoms with Crippen LogP contribution < -0.4 is 0 Å². The summed E-state index contributed by atoms with van der Waals surface area (Å²) in [6.07, 6.45) is -0.0379. The first-order valence-corrected chi connectivity index (χ1v) is 8.85. The average Bonchev–Trinajstić information content (AvgIpc) is 2.10. The molecule has 0 heterocycles. The number of hydrogen-bond acceptors (Lipinski definition) is 3. The molecule has 0 aliphatic carbocycles. The zero-order valence-corrected chi connectivity index (χ0v) is 12.0. The highest BCUT2D eigenvalue weighted by Crippen LogP contribution is 2.22. The molecule has 4 heteroatoms. The molecule has 2 unspecified atom stereocenters. The van der Waals surface area contributed by atoms with Crippen molar-refractivity contribution in [2.24, 2.45) is 11.8 Å². The van der Waals surface area contributed by atoms with Crippen LogP contribution in [-0.4, -0.2) is 27.5 Å². The van der Waals surface area contributed by atoms with Crippen molar-refractivity contribution in [2.75, 3.05) is 7.11 Å². The minimum Gasteiger partial charge on any atom is -0.469 e. The second kappa shape index (κ2) is 5.65. The second-order valence-electron chi connectivity index (χ2n) is 5.25. The molecule has 0 aromatic heterocycles. The summed E-state index contributed by atoms with van der Waals surface area (Å²) in [6.45, 7) is 12.4. The molecule has 0 radical (unpaired) electrons. The molecule has 0 fully saturated rings. The molecule has 2 atom stereocenters. The van der Waals surface area contributed by atoms with E-state index in [1.165, 1.54) is 7.11 Å². The Bertz CT molecular complexity index is 208. The van der Waals surface area contributed by atoms with Gasteiger partial charge in [-0.05, 0) is 32.5 Å². The molecule has 0 bridgehead atoms. The van der Waals surface area contributed by atoms with Crippen LogP contribution in [0.2, 0.25) is 19.6 Å². The van der Waals surface area contributed by atoms with Crippen molar-refractivity contribution in [2.45, 2.75) is 46.5 Å². The average molecular weight is 232 g/mol. The van der Waals surface area contributed by atoms with E-state index in [9.17, 15) is 4.79 Å². The van der Waals surface area contributed by atoms with Gasteiger partial charge in [-0.25, -0.2) is 0 Å². The molecular formula is C11H24O3Si. The summed E-state index contributed by atoms with van der Waals surface area (Å²) in [5.74, 6) is -0.0560. The first kappa shape index (κ1) is 14.6. The van der Waals surface area contributed by atoms with Crippen molar-refractivity contribution in [1.29, 1.82) is 0 Å². The molecule has 3 nitrogen and oxygen atoms in total. The first-order chi connectivity index (χ1) is 6.69. The highest BCUT2D eigenvalue weighted by molar-refractivity contribution is 6.69. The molecule has 90 valence electrons. The van der Waals surface area contributed by atoms with Gasteiger partial charge in [0.25, 0.3) is 0 Å². The lowest BCUT2D eigenvalue weighted by Crippen LogP contribution is -2.41. The maximum absolute atomic E-state index is 11.5. The zero-order valence-electron chi connectivity index (χ0n) is 11.0. The van der Waals surface area contributed by atoms with Crippen molar-refractivity contribution in [3.05, 3.63) is 0 Å². The number of rotatable bonds is 5. The van der Waals surface area contributed by atoms with Gasteiger partial charge in [-0.3, -0.25) is 4.79 Å². The molecule has 0 aliphatic heterocycles. The third-order valence-electron chi connectivity index (χ3n) is 2.21. The van der Waals surface area contributed by atoms with Crippen LogP contribution in [0.3, 0.4) is 0 Å². The number of ether oxygens (including phenoxy) is 1.